The molecule has 0 saturated carbocycles. The molecule has 0 radical (unpaired) electrons. The smallest absolute Gasteiger partial charge is 0.228 e. The lowest BCUT2D eigenvalue weighted by Gasteiger charge is -2.15. The number of nitrogens with zero attached hydrogens (tertiary/aromatic N) is 2. The van der Waals surface area contributed by atoms with Gasteiger partial charge in [-0.25, -0.2) is 4.98 Å². The molecule has 0 N–H and O–H groups in total. The average Bonchev–Trinajstić information content (AvgIpc) is 3.00. The van der Waals surface area contributed by atoms with Crippen molar-refractivity contribution >= 4 is 22.7 Å². The zero-order valence-electron chi connectivity index (χ0n) is 10.7. The molecule has 3 rings (SSSR count). The maximum atomic E-state index is 11.9. The summed E-state index contributed by atoms with van der Waals surface area (Å²) < 4.78 is 5.56. The number of benzene rings is 1. The van der Waals surface area contributed by atoms with Gasteiger partial charge in [-0.1, -0.05) is 6.92 Å². The quantitative estimate of drug-likeness (QED) is 0.773. The first-order valence-corrected chi connectivity index (χ1v) is 6.37. The van der Waals surface area contributed by atoms with Crippen molar-refractivity contribution < 1.29 is 9.21 Å². The molecule has 1 aromatic carbocycles. The number of aromatic nitrogens is 1. The fourth-order valence-corrected chi connectivity index (χ4v) is 2.35. The lowest BCUT2D eigenvalue weighted by Crippen LogP contribution is -2.24. The number of amides is 1. The van der Waals surface area contributed by atoms with Gasteiger partial charge in [-0.05, 0) is 18.2 Å². The number of fused-ring (bicyclic) bond motifs is 1. The van der Waals surface area contributed by atoms with Gasteiger partial charge in [-0.2, -0.15) is 0 Å². The molecule has 0 aliphatic carbocycles. The van der Waals surface area contributed by atoms with E-state index >= 15 is 0 Å². The molecule has 1 unspecified atom stereocenters. The summed E-state index contributed by atoms with van der Waals surface area (Å²) in [6, 6.07) is 5.62. The Hall–Kier alpha value is -2.28. The molecule has 1 atom stereocenters. The number of hydrogen-bond acceptors (Lipinski definition) is 3. The first-order chi connectivity index (χ1) is 9.21. The van der Waals surface area contributed by atoms with Gasteiger partial charge >= 0.3 is 0 Å². The van der Waals surface area contributed by atoms with E-state index in [2.05, 4.69) is 10.9 Å². The highest BCUT2D eigenvalue weighted by molar-refractivity contribution is 5.97. The van der Waals surface area contributed by atoms with Gasteiger partial charge in [0.2, 0.25) is 5.91 Å². The Labute approximate surface area is 111 Å². The maximum absolute atomic E-state index is 11.9. The van der Waals surface area contributed by atoms with Crippen LogP contribution in [0.5, 0.6) is 0 Å². The van der Waals surface area contributed by atoms with E-state index < -0.39 is 0 Å². The highest BCUT2D eigenvalue weighted by Gasteiger charge is 2.29. The van der Waals surface area contributed by atoms with Crippen molar-refractivity contribution in [1.82, 2.24) is 4.98 Å². The average molecular weight is 254 g/mol. The van der Waals surface area contributed by atoms with E-state index in [0.717, 1.165) is 23.2 Å². The van der Waals surface area contributed by atoms with Gasteiger partial charge in [0.1, 0.15) is 5.52 Å². The SMILES string of the molecule is C#CC1CC(=O)N(c2ccc3oc(CC)nc3c2)C1. The van der Waals surface area contributed by atoms with Gasteiger partial charge in [0.05, 0.1) is 0 Å². The molecule has 1 fully saturated rings. The summed E-state index contributed by atoms with van der Waals surface area (Å²) in [5, 5.41) is 0. The van der Waals surface area contributed by atoms with E-state index in [-0.39, 0.29) is 11.8 Å². The predicted molar refractivity (Wildman–Crippen MR) is 72.7 cm³/mol. The van der Waals surface area contributed by atoms with Crippen molar-refractivity contribution in [3.05, 3.63) is 24.1 Å². The van der Waals surface area contributed by atoms with Crippen LogP contribution < -0.4 is 4.90 Å². The zero-order chi connectivity index (χ0) is 13.4. The second-order valence-electron chi connectivity index (χ2n) is 4.69. The lowest BCUT2D eigenvalue weighted by molar-refractivity contribution is -0.117. The minimum atomic E-state index is 0.00621. The van der Waals surface area contributed by atoms with Crippen LogP contribution in [0.2, 0.25) is 0 Å². The fraction of sp³-hybridized carbons (Fsp3) is 0.333. The summed E-state index contributed by atoms with van der Waals surface area (Å²) in [5.74, 6) is 3.43. The number of aryl methyl sites for hydroxylation is 1. The third kappa shape index (κ3) is 1.97. The van der Waals surface area contributed by atoms with Crippen LogP contribution in [-0.4, -0.2) is 17.4 Å². The van der Waals surface area contributed by atoms with Crippen molar-refractivity contribution in [1.29, 1.82) is 0 Å². The Bertz CT molecular complexity index is 681. The van der Waals surface area contributed by atoms with Crippen molar-refractivity contribution in [2.24, 2.45) is 5.92 Å². The van der Waals surface area contributed by atoms with Crippen molar-refractivity contribution in [3.63, 3.8) is 0 Å². The molecule has 19 heavy (non-hydrogen) atoms. The molecule has 1 amide bonds. The molecular weight excluding hydrogens is 240 g/mol. The molecule has 1 aliphatic heterocycles. The van der Waals surface area contributed by atoms with Crippen LogP contribution >= 0.6 is 0 Å². The summed E-state index contributed by atoms with van der Waals surface area (Å²) in [6.45, 7) is 2.58. The van der Waals surface area contributed by atoms with Crippen molar-refractivity contribution in [2.75, 3.05) is 11.4 Å². The Kier molecular flexibility index (Phi) is 2.75. The lowest BCUT2D eigenvalue weighted by atomic mass is 10.1. The van der Waals surface area contributed by atoms with E-state index in [0.29, 0.717) is 18.9 Å². The number of terminal acetylenes is 1. The number of hydrogen-bond donors (Lipinski definition) is 0. The molecule has 1 aromatic heterocycles. The van der Waals surface area contributed by atoms with Crippen LogP contribution in [-0.2, 0) is 11.2 Å². The van der Waals surface area contributed by atoms with Gasteiger partial charge < -0.3 is 9.32 Å². The third-order valence-corrected chi connectivity index (χ3v) is 3.39. The minimum absolute atomic E-state index is 0.00621. The molecule has 96 valence electrons. The van der Waals surface area contributed by atoms with Crippen molar-refractivity contribution in [3.8, 4) is 12.3 Å². The highest BCUT2D eigenvalue weighted by atomic mass is 16.3. The Morgan fingerprint density at radius 1 is 1.58 bits per heavy atom. The number of carbonyl (C=O) groups excluding carboxylic acids is 1. The number of oxazole rings is 1. The molecule has 4 nitrogen and oxygen atoms in total. The van der Waals surface area contributed by atoms with Crippen LogP contribution in [0.3, 0.4) is 0 Å². The van der Waals surface area contributed by atoms with Gasteiger partial charge in [0, 0.05) is 31.0 Å². The number of rotatable bonds is 2. The first-order valence-electron chi connectivity index (χ1n) is 6.37. The van der Waals surface area contributed by atoms with E-state index in [1.54, 1.807) is 4.90 Å². The molecule has 2 heterocycles. The van der Waals surface area contributed by atoms with Crippen molar-refractivity contribution in [2.45, 2.75) is 19.8 Å². The summed E-state index contributed by atoms with van der Waals surface area (Å²) >= 11 is 0. The molecule has 0 spiro atoms. The molecule has 1 aliphatic rings. The van der Waals surface area contributed by atoms with Crippen LogP contribution in [0.25, 0.3) is 11.1 Å². The van der Waals surface area contributed by atoms with Gasteiger partial charge in [-0.3, -0.25) is 4.79 Å². The van der Waals surface area contributed by atoms with E-state index in [1.165, 1.54) is 0 Å². The highest BCUT2D eigenvalue weighted by Crippen LogP contribution is 2.28. The zero-order valence-corrected chi connectivity index (χ0v) is 10.7. The molecule has 4 heteroatoms. The summed E-state index contributed by atoms with van der Waals surface area (Å²) in [4.78, 5) is 18.0. The Balaban J connectivity index is 1.97. The summed E-state index contributed by atoms with van der Waals surface area (Å²) in [5.41, 5.74) is 2.37. The molecular formula is C15H14N2O2. The number of anilines is 1. The standard InChI is InChI=1S/C15H14N2O2/c1-3-10-7-15(18)17(9-10)11-5-6-13-12(8-11)16-14(4-2)19-13/h1,5-6,8,10H,4,7,9H2,2H3. The Morgan fingerprint density at radius 2 is 2.42 bits per heavy atom. The van der Waals surface area contributed by atoms with Gasteiger partial charge in [0.25, 0.3) is 0 Å². The number of carbonyl (C=O) groups is 1. The Morgan fingerprint density at radius 3 is 3.11 bits per heavy atom. The second-order valence-corrected chi connectivity index (χ2v) is 4.69. The van der Waals surface area contributed by atoms with E-state index in [4.69, 9.17) is 10.8 Å². The molecule has 2 aromatic rings. The second kappa shape index (κ2) is 4.43. The maximum Gasteiger partial charge on any atom is 0.228 e. The van der Waals surface area contributed by atoms with Crippen LogP contribution in [0.15, 0.2) is 22.6 Å². The topological polar surface area (TPSA) is 46.3 Å². The van der Waals surface area contributed by atoms with Crippen LogP contribution in [0, 0.1) is 18.3 Å². The van der Waals surface area contributed by atoms with Gasteiger partial charge in [0.15, 0.2) is 11.5 Å². The summed E-state index contributed by atoms with van der Waals surface area (Å²) in [6.07, 6.45) is 6.57. The first kappa shape index (κ1) is 11.8. The molecule has 0 bridgehead atoms. The normalized spacial score (nSPS) is 19.1. The predicted octanol–water partition coefficient (Wildman–Crippen LogP) is 2.38. The largest absolute Gasteiger partial charge is 0.441 e. The third-order valence-electron chi connectivity index (χ3n) is 3.39. The van der Waals surface area contributed by atoms with Crippen LogP contribution in [0.4, 0.5) is 5.69 Å². The summed E-state index contributed by atoms with van der Waals surface area (Å²) in [7, 11) is 0. The molecule has 1 saturated heterocycles. The minimum Gasteiger partial charge on any atom is -0.441 e. The monoisotopic (exact) mass is 254 g/mol. The van der Waals surface area contributed by atoms with E-state index in [1.807, 2.05) is 25.1 Å². The van der Waals surface area contributed by atoms with Gasteiger partial charge in [-0.15, -0.1) is 12.3 Å². The van der Waals surface area contributed by atoms with E-state index in [9.17, 15) is 4.79 Å². The van der Waals surface area contributed by atoms with Crippen LogP contribution in [0.1, 0.15) is 19.2 Å². The fourth-order valence-electron chi connectivity index (χ4n) is 2.35.